The Morgan fingerprint density at radius 3 is 2.73 bits per heavy atom. The van der Waals surface area contributed by atoms with Crippen molar-refractivity contribution in [2.24, 2.45) is 0 Å². The third-order valence-corrected chi connectivity index (χ3v) is 3.07. The summed E-state index contributed by atoms with van der Waals surface area (Å²) in [5, 5.41) is 3.22. The summed E-state index contributed by atoms with van der Waals surface area (Å²) in [6.45, 7) is 0.930. The Labute approximate surface area is 93.3 Å². The normalized spacial score (nSPS) is 25.1. The first-order valence-corrected chi connectivity index (χ1v) is 4.91. The van der Waals surface area contributed by atoms with Crippen LogP contribution in [0.2, 0.25) is 0 Å². The summed E-state index contributed by atoms with van der Waals surface area (Å²) in [4.78, 5) is 0. The molecule has 15 heavy (non-hydrogen) atoms. The summed E-state index contributed by atoms with van der Waals surface area (Å²) >= 11 is 0. The molecule has 3 rings (SSSR count). The van der Waals surface area contributed by atoms with Crippen LogP contribution >= 0.6 is 12.4 Å². The molecule has 82 valence electrons. The first-order valence-electron chi connectivity index (χ1n) is 4.91. The highest BCUT2D eigenvalue weighted by Gasteiger charge is 2.57. The van der Waals surface area contributed by atoms with Crippen molar-refractivity contribution in [1.82, 2.24) is 0 Å². The molecule has 0 aromatic heterocycles. The molecule has 1 aliphatic carbocycles. The molecule has 4 heteroatoms. The Kier molecular flexibility index (Phi) is 2.38. The number of rotatable bonds is 1. The van der Waals surface area contributed by atoms with Crippen molar-refractivity contribution in [3.05, 3.63) is 29.3 Å². The van der Waals surface area contributed by atoms with Gasteiger partial charge in [-0.2, -0.15) is 0 Å². The van der Waals surface area contributed by atoms with Gasteiger partial charge in [-0.1, -0.05) is 12.1 Å². The van der Waals surface area contributed by atoms with E-state index in [1.54, 1.807) is 0 Å². The molecule has 0 saturated heterocycles. The van der Waals surface area contributed by atoms with Crippen LogP contribution in [-0.2, 0) is 6.42 Å². The minimum Gasteiger partial charge on any atom is -0.384 e. The molecule has 0 bridgehead atoms. The topological polar surface area (TPSA) is 12.0 Å². The second kappa shape index (κ2) is 3.34. The Bertz CT molecular complexity index is 392. The zero-order valence-electron chi connectivity index (χ0n) is 8.09. The molecule has 1 N–H and O–H groups in total. The average Bonchev–Trinajstić information content (AvgIpc) is 2.63. The number of halogens is 3. The molecule has 1 aliphatic heterocycles. The van der Waals surface area contributed by atoms with Crippen molar-refractivity contribution >= 4 is 18.1 Å². The molecule has 0 amide bonds. The fraction of sp³-hybridized carbons (Fsp3) is 0.455. The molecule has 0 radical (unpaired) electrons. The summed E-state index contributed by atoms with van der Waals surface area (Å²) in [5.41, 5.74) is 3.10. The maximum absolute atomic E-state index is 12.8. The highest BCUT2D eigenvalue weighted by Crippen LogP contribution is 2.56. The van der Waals surface area contributed by atoms with E-state index in [4.69, 9.17) is 0 Å². The van der Waals surface area contributed by atoms with Crippen molar-refractivity contribution in [2.45, 2.75) is 24.7 Å². The van der Waals surface area contributed by atoms with E-state index in [9.17, 15) is 8.78 Å². The second-order valence-electron chi connectivity index (χ2n) is 4.11. The van der Waals surface area contributed by atoms with E-state index < -0.39 is 11.8 Å². The molecule has 1 atom stereocenters. The van der Waals surface area contributed by atoms with Gasteiger partial charge in [-0.15, -0.1) is 12.4 Å². The third kappa shape index (κ3) is 1.69. The first kappa shape index (κ1) is 10.7. The number of alkyl halides is 2. The first-order chi connectivity index (χ1) is 6.67. The predicted molar refractivity (Wildman–Crippen MR) is 58.2 cm³/mol. The van der Waals surface area contributed by atoms with Gasteiger partial charge in [-0.25, -0.2) is 8.78 Å². The maximum atomic E-state index is 12.8. The van der Waals surface area contributed by atoms with Crippen LogP contribution in [0, 0.1) is 0 Å². The number of nitrogens with one attached hydrogen (secondary N) is 1. The SMILES string of the molecule is Cl.FC1(F)CC1c1ccc2c(c1)CCN2. The Morgan fingerprint density at radius 1 is 1.33 bits per heavy atom. The van der Waals surface area contributed by atoms with Gasteiger partial charge in [-0.05, 0) is 23.6 Å². The predicted octanol–water partition coefficient (Wildman–Crippen LogP) is 3.20. The quantitative estimate of drug-likeness (QED) is 0.783. The lowest BCUT2D eigenvalue weighted by molar-refractivity contribution is 0.112. The van der Waals surface area contributed by atoms with E-state index in [1.807, 2.05) is 18.2 Å². The summed E-state index contributed by atoms with van der Waals surface area (Å²) in [7, 11) is 0. The maximum Gasteiger partial charge on any atom is 0.255 e. The molecular weight excluding hydrogens is 220 g/mol. The lowest BCUT2D eigenvalue weighted by Crippen LogP contribution is -1.93. The Morgan fingerprint density at radius 2 is 2.07 bits per heavy atom. The number of hydrogen-bond donors (Lipinski definition) is 1. The van der Waals surface area contributed by atoms with Crippen molar-refractivity contribution in [2.75, 3.05) is 11.9 Å². The van der Waals surface area contributed by atoms with Crippen molar-refractivity contribution in [1.29, 1.82) is 0 Å². The van der Waals surface area contributed by atoms with Crippen LogP contribution in [0.1, 0.15) is 23.5 Å². The molecule has 2 aliphatic rings. The van der Waals surface area contributed by atoms with Crippen LogP contribution in [-0.4, -0.2) is 12.5 Å². The van der Waals surface area contributed by atoms with E-state index in [0.717, 1.165) is 24.2 Å². The minimum atomic E-state index is -2.44. The van der Waals surface area contributed by atoms with Gasteiger partial charge in [0.15, 0.2) is 0 Å². The van der Waals surface area contributed by atoms with Gasteiger partial charge in [0.1, 0.15) is 0 Å². The summed E-state index contributed by atoms with van der Waals surface area (Å²) in [6, 6.07) is 5.68. The molecule has 1 fully saturated rings. The number of anilines is 1. The molecule has 1 unspecified atom stereocenters. The van der Waals surface area contributed by atoms with Gasteiger partial charge < -0.3 is 5.32 Å². The van der Waals surface area contributed by atoms with Crippen molar-refractivity contribution in [3.8, 4) is 0 Å². The zero-order valence-corrected chi connectivity index (χ0v) is 8.91. The minimum absolute atomic E-state index is 0. The summed E-state index contributed by atoms with van der Waals surface area (Å²) in [5.74, 6) is -2.96. The van der Waals surface area contributed by atoms with Crippen LogP contribution in [0.4, 0.5) is 14.5 Å². The molecule has 1 saturated carbocycles. The molecular formula is C11H12ClF2N. The summed E-state index contributed by atoms with van der Waals surface area (Å²) in [6.07, 6.45) is 0.987. The smallest absolute Gasteiger partial charge is 0.255 e. The zero-order chi connectivity index (χ0) is 9.76. The van der Waals surface area contributed by atoms with Gasteiger partial charge in [0.25, 0.3) is 5.92 Å². The molecule has 1 aromatic carbocycles. The van der Waals surface area contributed by atoms with Crippen LogP contribution < -0.4 is 5.32 Å². The van der Waals surface area contributed by atoms with E-state index >= 15 is 0 Å². The lowest BCUT2D eigenvalue weighted by Gasteiger charge is -2.03. The van der Waals surface area contributed by atoms with Gasteiger partial charge >= 0.3 is 0 Å². The van der Waals surface area contributed by atoms with Crippen molar-refractivity contribution < 1.29 is 8.78 Å². The standard InChI is InChI=1S/C11H11F2N.ClH/c12-11(13)6-9(11)7-1-2-10-8(5-7)3-4-14-10;/h1-2,5,9,14H,3-4,6H2;1H. The fourth-order valence-electron chi connectivity index (χ4n) is 2.12. The fourth-order valence-corrected chi connectivity index (χ4v) is 2.12. The van der Waals surface area contributed by atoms with E-state index in [2.05, 4.69) is 5.32 Å². The van der Waals surface area contributed by atoms with E-state index in [0.29, 0.717) is 0 Å². The van der Waals surface area contributed by atoms with Gasteiger partial charge in [-0.3, -0.25) is 0 Å². The molecule has 0 spiro atoms. The molecule has 1 nitrogen and oxygen atoms in total. The molecule has 1 heterocycles. The van der Waals surface area contributed by atoms with Crippen LogP contribution in [0.5, 0.6) is 0 Å². The Hall–Kier alpha value is -0.830. The number of hydrogen-bond acceptors (Lipinski definition) is 1. The van der Waals surface area contributed by atoms with Gasteiger partial charge in [0.2, 0.25) is 0 Å². The lowest BCUT2D eigenvalue weighted by atomic mass is 10.1. The van der Waals surface area contributed by atoms with Gasteiger partial charge in [0.05, 0.1) is 5.92 Å². The van der Waals surface area contributed by atoms with Crippen molar-refractivity contribution in [3.63, 3.8) is 0 Å². The van der Waals surface area contributed by atoms with Crippen LogP contribution in [0.15, 0.2) is 18.2 Å². The Balaban J connectivity index is 0.000000853. The highest BCUT2D eigenvalue weighted by atomic mass is 35.5. The average molecular weight is 232 g/mol. The summed E-state index contributed by atoms with van der Waals surface area (Å²) < 4.78 is 25.6. The third-order valence-electron chi connectivity index (χ3n) is 3.07. The number of fused-ring (bicyclic) bond motifs is 1. The monoisotopic (exact) mass is 231 g/mol. The van der Waals surface area contributed by atoms with Gasteiger partial charge in [0, 0.05) is 18.7 Å². The van der Waals surface area contributed by atoms with Crippen LogP contribution in [0.3, 0.4) is 0 Å². The van der Waals surface area contributed by atoms with E-state index in [1.165, 1.54) is 5.56 Å². The number of benzene rings is 1. The largest absolute Gasteiger partial charge is 0.384 e. The molecule has 1 aromatic rings. The van der Waals surface area contributed by atoms with E-state index in [-0.39, 0.29) is 18.8 Å². The van der Waals surface area contributed by atoms with Crippen LogP contribution in [0.25, 0.3) is 0 Å². The highest BCUT2D eigenvalue weighted by molar-refractivity contribution is 5.85. The second-order valence-corrected chi connectivity index (χ2v) is 4.11.